The van der Waals surface area contributed by atoms with Crippen LogP contribution in [0, 0.1) is 5.92 Å². The number of rotatable bonds is 10. The molecule has 4 atom stereocenters. The van der Waals surface area contributed by atoms with Crippen molar-refractivity contribution in [2.75, 3.05) is 26.2 Å². The fourth-order valence-electron chi connectivity index (χ4n) is 5.85. The lowest BCUT2D eigenvalue weighted by atomic mass is 9.89. The Morgan fingerprint density at radius 1 is 1.00 bits per heavy atom. The molecule has 0 spiro atoms. The van der Waals surface area contributed by atoms with Crippen molar-refractivity contribution < 1.29 is 24.1 Å². The van der Waals surface area contributed by atoms with Gasteiger partial charge in [-0.2, -0.15) is 0 Å². The molecule has 0 aromatic heterocycles. The average Bonchev–Trinajstić information content (AvgIpc) is 3.04. The summed E-state index contributed by atoms with van der Waals surface area (Å²) in [6.45, 7) is 9.46. The van der Waals surface area contributed by atoms with Crippen molar-refractivity contribution in [2.24, 2.45) is 5.92 Å². The van der Waals surface area contributed by atoms with Gasteiger partial charge in [0.05, 0.1) is 18.8 Å². The maximum atomic E-state index is 12.0. The van der Waals surface area contributed by atoms with Crippen molar-refractivity contribution in [3.05, 3.63) is 108 Å². The molecule has 2 aliphatic heterocycles. The zero-order valence-corrected chi connectivity index (χ0v) is 24.4. The number of nitrogens with zero attached hydrogens (tertiary/aromatic N) is 1. The minimum absolute atomic E-state index is 0.0234. The second-order valence-electron chi connectivity index (χ2n) is 11.2. The summed E-state index contributed by atoms with van der Waals surface area (Å²) in [4.78, 5) is 14.5. The predicted molar refractivity (Wildman–Crippen MR) is 164 cm³/mol. The van der Waals surface area contributed by atoms with Crippen LogP contribution in [-0.4, -0.2) is 48.4 Å². The summed E-state index contributed by atoms with van der Waals surface area (Å²) >= 11 is 0. The van der Waals surface area contributed by atoms with Crippen LogP contribution in [0.3, 0.4) is 0 Å². The fraction of sp³-hybridized carbons (Fsp3) is 0.400. The van der Waals surface area contributed by atoms with Gasteiger partial charge in [0, 0.05) is 24.6 Å². The van der Waals surface area contributed by atoms with Crippen LogP contribution < -0.4 is 5.32 Å². The number of likely N-dealkylation sites (tertiary alicyclic amines) is 1. The summed E-state index contributed by atoms with van der Waals surface area (Å²) in [6, 6.07) is 24.4. The first-order chi connectivity index (χ1) is 20.6. The van der Waals surface area contributed by atoms with Crippen LogP contribution in [0.15, 0.2) is 85.5 Å². The number of hydrogen-bond donors (Lipinski definition) is 2. The van der Waals surface area contributed by atoms with E-state index in [-0.39, 0.29) is 31.3 Å². The third-order valence-corrected chi connectivity index (χ3v) is 8.28. The standard InChI is InChI=1S/C35H42N2O5/c1-3-21-40-35(39)36-22-30-9-5-6-10-31(30)27-15-17-29(18-16-27)34-41-32(23-37-19-7-4-8-20-37)25(2)33(42-34)28-13-11-26(24-38)12-14-28/h3,5-6,9-18,25,32-34,38H,1,4,7-8,19-24H2,2H3,(H,36,39)/t25-,32+,33+,34+/m0/s1. The zero-order chi connectivity index (χ0) is 29.3. The molecule has 2 saturated heterocycles. The third-order valence-electron chi connectivity index (χ3n) is 8.28. The van der Waals surface area contributed by atoms with Crippen LogP contribution in [-0.2, 0) is 27.4 Å². The molecule has 0 radical (unpaired) electrons. The molecular formula is C35H42N2O5. The lowest BCUT2D eigenvalue weighted by Crippen LogP contribution is -2.45. The van der Waals surface area contributed by atoms with Gasteiger partial charge in [-0.15, -0.1) is 0 Å². The molecular weight excluding hydrogens is 528 g/mol. The van der Waals surface area contributed by atoms with Crippen molar-refractivity contribution in [3.8, 4) is 11.1 Å². The maximum absolute atomic E-state index is 12.0. The van der Waals surface area contributed by atoms with Gasteiger partial charge in [0.2, 0.25) is 0 Å². The number of amides is 1. The van der Waals surface area contributed by atoms with Crippen molar-refractivity contribution >= 4 is 6.09 Å². The van der Waals surface area contributed by atoms with Crippen molar-refractivity contribution in [1.29, 1.82) is 0 Å². The minimum Gasteiger partial charge on any atom is -0.445 e. The van der Waals surface area contributed by atoms with Crippen molar-refractivity contribution in [3.63, 3.8) is 0 Å². The van der Waals surface area contributed by atoms with E-state index < -0.39 is 12.4 Å². The second-order valence-corrected chi connectivity index (χ2v) is 11.2. The van der Waals surface area contributed by atoms with Crippen molar-refractivity contribution in [1.82, 2.24) is 10.2 Å². The van der Waals surface area contributed by atoms with E-state index in [9.17, 15) is 9.90 Å². The Morgan fingerprint density at radius 2 is 1.71 bits per heavy atom. The molecule has 3 aromatic rings. The van der Waals surface area contributed by atoms with Gasteiger partial charge in [-0.1, -0.05) is 98.8 Å². The van der Waals surface area contributed by atoms with E-state index >= 15 is 0 Å². The van der Waals surface area contributed by atoms with E-state index in [1.54, 1.807) is 6.08 Å². The molecule has 0 aliphatic carbocycles. The van der Waals surface area contributed by atoms with Gasteiger partial charge >= 0.3 is 6.09 Å². The SMILES string of the molecule is C=CCOC(=O)NCc1ccccc1-c1ccc([C@@H]2O[C@H](CN3CCCCC3)[C@H](C)[C@H](c3ccc(CO)cc3)O2)cc1. The number of aliphatic hydroxyl groups excluding tert-OH is 1. The fourth-order valence-corrected chi connectivity index (χ4v) is 5.85. The second kappa shape index (κ2) is 14.6. The molecule has 0 bridgehead atoms. The van der Waals surface area contributed by atoms with E-state index in [2.05, 4.69) is 66.2 Å². The lowest BCUT2D eigenvalue weighted by molar-refractivity contribution is -0.276. The number of piperidine rings is 1. The van der Waals surface area contributed by atoms with Gasteiger partial charge in [-0.25, -0.2) is 4.79 Å². The van der Waals surface area contributed by atoms with Gasteiger partial charge in [0.25, 0.3) is 0 Å². The molecule has 2 fully saturated rings. The van der Waals surface area contributed by atoms with Gasteiger partial charge in [-0.05, 0) is 53.7 Å². The number of alkyl carbamates (subject to hydrolysis) is 1. The Hall–Kier alpha value is -3.49. The molecule has 42 heavy (non-hydrogen) atoms. The highest BCUT2D eigenvalue weighted by molar-refractivity contribution is 5.70. The zero-order valence-electron chi connectivity index (χ0n) is 24.4. The molecule has 2 aliphatic rings. The monoisotopic (exact) mass is 570 g/mol. The number of nitrogens with one attached hydrogen (secondary N) is 1. The number of carbonyl (C=O) groups is 1. The van der Waals surface area contributed by atoms with E-state index in [1.165, 1.54) is 19.3 Å². The summed E-state index contributed by atoms with van der Waals surface area (Å²) in [5.74, 6) is 0.167. The predicted octanol–water partition coefficient (Wildman–Crippen LogP) is 6.54. The summed E-state index contributed by atoms with van der Waals surface area (Å²) in [7, 11) is 0. The summed E-state index contributed by atoms with van der Waals surface area (Å²) in [5, 5.41) is 12.3. The first kappa shape index (κ1) is 30.0. The molecule has 0 saturated carbocycles. The molecule has 3 aromatic carbocycles. The highest BCUT2D eigenvalue weighted by Gasteiger charge is 2.39. The largest absolute Gasteiger partial charge is 0.445 e. The molecule has 7 heteroatoms. The lowest BCUT2D eigenvalue weighted by Gasteiger charge is -2.43. The minimum atomic E-state index is -0.496. The van der Waals surface area contributed by atoms with Crippen LogP contribution in [0.1, 0.15) is 60.8 Å². The number of benzene rings is 3. The van der Waals surface area contributed by atoms with Crippen molar-refractivity contribution in [2.45, 2.75) is 57.8 Å². The number of carbonyl (C=O) groups excluding carboxylic acids is 1. The van der Waals surface area contributed by atoms with Gasteiger partial charge in [-0.3, -0.25) is 0 Å². The first-order valence-corrected chi connectivity index (χ1v) is 15.0. The Kier molecular flexibility index (Phi) is 10.4. The molecule has 1 amide bonds. The molecule has 7 nitrogen and oxygen atoms in total. The Balaban J connectivity index is 1.35. The van der Waals surface area contributed by atoms with E-state index in [1.807, 2.05) is 30.3 Å². The van der Waals surface area contributed by atoms with Gasteiger partial charge < -0.3 is 29.5 Å². The average molecular weight is 571 g/mol. The molecule has 2 heterocycles. The summed E-state index contributed by atoms with van der Waals surface area (Å²) in [5.41, 5.74) is 6.03. The molecule has 2 N–H and O–H groups in total. The quantitative estimate of drug-likeness (QED) is 0.270. The first-order valence-electron chi connectivity index (χ1n) is 15.0. The highest BCUT2D eigenvalue weighted by atomic mass is 16.7. The molecule has 5 rings (SSSR count). The maximum Gasteiger partial charge on any atom is 0.407 e. The molecule has 0 unspecified atom stereocenters. The van der Waals surface area contributed by atoms with Gasteiger partial charge in [0.1, 0.15) is 6.61 Å². The number of hydrogen-bond acceptors (Lipinski definition) is 6. The Labute approximate surface area is 249 Å². The van der Waals surface area contributed by atoms with Crippen LogP contribution >= 0.6 is 0 Å². The topological polar surface area (TPSA) is 80.3 Å². The third kappa shape index (κ3) is 7.47. The van der Waals surface area contributed by atoms with E-state index in [4.69, 9.17) is 14.2 Å². The van der Waals surface area contributed by atoms with Crippen LogP contribution in [0.4, 0.5) is 4.79 Å². The Bertz CT molecular complexity index is 1300. The van der Waals surface area contributed by atoms with Gasteiger partial charge in [0.15, 0.2) is 6.29 Å². The summed E-state index contributed by atoms with van der Waals surface area (Å²) in [6.07, 6.45) is 4.25. The Morgan fingerprint density at radius 3 is 2.43 bits per heavy atom. The molecule has 222 valence electrons. The van der Waals surface area contributed by atoms with E-state index in [0.29, 0.717) is 6.54 Å². The highest BCUT2D eigenvalue weighted by Crippen LogP contribution is 2.42. The van der Waals surface area contributed by atoms with Crippen LogP contribution in [0.2, 0.25) is 0 Å². The van der Waals surface area contributed by atoms with Crippen LogP contribution in [0.5, 0.6) is 0 Å². The summed E-state index contributed by atoms with van der Waals surface area (Å²) < 4.78 is 18.4. The van der Waals surface area contributed by atoms with E-state index in [0.717, 1.165) is 53.0 Å². The number of aliphatic hydroxyl groups is 1. The normalized spacial score (nSPS) is 22.8. The number of ether oxygens (including phenoxy) is 3. The smallest absolute Gasteiger partial charge is 0.407 e. The van der Waals surface area contributed by atoms with Crippen LogP contribution in [0.25, 0.3) is 11.1 Å².